The summed E-state index contributed by atoms with van der Waals surface area (Å²) in [5, 5.41) is 0.121. The standard InChI is InChI=1S/C31H33F5N6O2S/c1-3-25(43)40-11-13-41(14-12-40)29-22-16-23(31(34,35)36)26(21-6-5-19(32)15-24(21)33)28-27(22)42(30(44)37-29)17-20(18-45-28)39-9-7-38(4-2)8-10-39/h3,5-6,15-16,20H,1,4,7-14,17-18H2,2H3. The van der Waals surface area contributed by atoms with Crippen molar-refractivity contribution >= 4 is 34.4 Å². The first kappa shape index (κ1) is 31.5. The van der Waals surface area contributed by atoms with Crippen LogP contribution in [0, 0.1) is 11.6 Å². The molecule has 240 valence electrons. The van der Waals surface area contributed by atoms with Gasteiger partial charge < -0.3 is 14.7 Å². The molecule has 6 rings (SSSR count). The van der Waals surface area contributed by atoms with E-state index in [1.54, 1.807) is 9.80 Å². The zero-order chi connectivity index (χ0) is 32.0. The van der Waals surface area contributed by atoms with Gasteiger partial charge in [-0.2, -0.15) is 18.2 Å². The average molecular weight is 649 g/mol. The first-order chi connectivity index (χ1) is 21.5. The lowest BCUT2D eigenvalue weighted by atomic mass is 9.95. The summed E-state index contributed by atoms with van der Waals surface area (Å²) < 4.78 is 75.4. The fourth-order valence-electron chi connectivity index (χ4n) is 6.50. The largest absolute Gasteiger partial charge is 0.417 e. The van der Waals surface area contributed by atoms with Crippen molar-refractivity contribution in [3.63, 3.8) is 0 Å². The predicted molar refractivity (Wildman–Crippen MR) is 164 cm³/mol. The Morgan fingerprint density at radius 3 is 2.40 bits per heavy atom. The van der Waals surface area contributed by atoms with E-state index in [1.165, 1.54) is 10.6 Å². The number of carbonyl (C=O) groups is 1. The van der Waals surface area contributed by atoms with Crippen LogP contribution in [-0.2, 0) is 17.5 Å². The third-order valence-corrected chi connectivity index (χ3v) is 10.2. The van der Waals surface area contributed by atoms with Crippen molar-refractivity contribution in [3.8, 4) is 11.1 Å². The number of anilines is 1. The molecule has 3 aliphatic rings. The van der Waals surface area contributed by atoms with Gasteiger partial charge in [-0.3, -0.25) is 14.3 Å². The summed E-state index contributed by atoms with van der Waals surface area (Å²) in [6.45, 7) is 10.9. The summed E-state index contributed by atoms with van der Waals surface area (Å²) in [4.78, 5) is 38.3. The van der Waals surface area contributed by atoms with Crippen LogP contribution in [0.25, 0.3) is 22.0 Å². The smallest absolute Gasteiger partial charge is 0.352 e. The minimum absolute atomic E-state index is 0.0884. The highest BCUT2D eigenvalue weighted by Gasteiger charge is 2.40. The number of piperazine rings is 2. The lowest BCUT2D eigenvalue weighted by Gasteiger charge is -2.38. The number of hydrogen-bond acceptors (Lipinski definition) is 7. The van der Waals surface area contributed by atoms with Gasteiger partial charge in [0.25, 0.3) is 0 Å². The highest BCUT2D eigenvalue weighted by molar-refractivity contribution is 7.99. The van der Waals surface area contributed by atoms with E-state index in [4.69, 9.17) is 0 Å². The zero-order valence-corrected chi connectivity index (χ0v) is 25.6. The minimum Gasteiger partial charge on any atom is -0.352 e. The van der Waals surface area contributed by atoms with Gasteiger partial charge in [0.2, 0.25) is 5.91 Å². The van der Waals surface area contributed by atoms with Gasteiger partial charge in [0.1, 0.15) is 17.5 Å². The monoisotopic (exact) mass is 648 g/mol. The van der Waals surface area contributed by atoms with Crippen molar-refractivity contribution in [2.75, 3.05) is 69.6 Å². The number of likely N-dealkylation sites (N-methyl/N-ethyl adjacent to an activating group) is 1. The molecule has 14 heteroatoms. The van der Waals surface area contributed by atoms with Gasteiger partial charge in [0.05, 0.1) is 11.1 Å². The SMILES string of the molecule is C=CC(=O)N1CCN(c2nc(=O)n3c4c(c(-c5ccc(F)cc5F)c(C(F)(F)F)cc24)SCC(N2CCN(CC)CC2)C3)CC1. The number of nitrogens with zero attached hydrogens (tertiary/aromatic N) is 6. The lowest BCUT2D eigenvalue weighted by Crippen LogP contribution is -2.52. The van der Waals surface area contributed by atoms with Gasteiger partial charge in [0, 0.05) is 98.2 Å². The van der Waals surface area contributed by atoms with Crippen molar-refractivity contribution in [1.82, 2.24) is 24.3 Å². The van der Waals surface area contributed by atoms with E-state index in [0.717, 1.165) is 62.7 Å². The van der Waals surface area contributed by atoms with E-state index in [-0.39, 0.29) is 66.3 Å². The highest BCUT2D eigenvalue weighted by Crippen LogP contribution is 2.49. The van der Waals surface area contributed by atoms with Gasteiger partial charge in [-0.25, -0.2) is 13.6 Å². The van der Waals surface area contributed by atoms with Crippen LogP contribution in [0.5, 0.6) is 0 Å². The molecule has 0 bridgehead atoms. The molecule has 1 aromatic heterocycles. The van der Waals surface area contributed by atoms with Crippen LogP contribution < -0.4 is 10.6 Å². The summed E-state index contributed by atoms with van der Waals surface area (Å²) in [6, 6.07) is 3.27. The molecule has 2 saturated heterocycles. The van der Waals surface area contributed by atoms with E-state index in [1.807, 2.05) is 0 Å². The number of amides is 1. The van der Waals surface area contributed by atoms with Gasteiger partial charge in [-0.1, -0.05) is 13.5 Å². The molecule has 1 atom stereocenters. The number of benzene rings is 2. The summed E-state index contributed by atoms with van der Waals surface area (Å²) >= 11 is 1.16. The molecule has 2 fully saturated rings. The summed E-state index contributed by atoms with van der Waals surface area (Å²) in [5.41, 5.74) is -2.27. The van der Waals surface area contributed by atoms with Crippen molar-refractivity contribution in [2.24, 2.45) is 0 Å². The Kier molecular flexibility index (Phi) is 8.65. The molecule has 45 heavy (non-hydrogen) atoms. The molecule has 0 spiro atoms. The predicted octanol–water partition coefficient (Wildman–Crippen LogP) is 4.31. The second-order valence-corrected chi connectivity index (χ2v) is 12.5. The molecular weight excluding hydrogens is 615 g/mol. The fourth-order valence-corrected chi connectivity index (χ4v) is 7.90. The van der Waals surface area contributed by atoms with Crippen LogP contribution in [0.15, 0.2) is 46.6 Å². The molecule has 3 aromatic rings. The number of hydrogen-bond donors (Lipinski definition) is 0. The Morgan fingerprint density at radius 1 is 1.07 bits per heavy atom. The van der Waals surface area contributed by atoms with Crippen LogP contribution in [0.4, 0.5) is 27.8 Å². The maximum Gasteiger partial charge on any atom is 0.417 e. The molecule has 4 heterocycles. The third kappa shape index (κ3) is 5.95. The zero-order valence-electron chi connectivity index (χ0n) is 24.7. The number of aromatic nitrogens is 2. The maximum absolute atomic E-state index is 15.3. The first-order valence-electron chi connectivity index (χ1n) is 14.9. The van der Waals surface area contributed by atoms with Gasteiger partial charge in [0.15, 0.2) is 0 Å². The average Bonchev–Trinajstić information content (AvgIpc) is 3.23. The molecule has 0 aliphatic carbocycles. The van der Waals surface area contributed by atoms with Crippen LogP contribution >= 0.6 is 11.8 Å². The van der Waals surface area contributed by atoms with E-state index in [0.29, 0.717) is 11.8 Å². The van der Waals surface area contributed by atoms with Gasteiger partial charge >= 0.3 is 11.9 Å². The number of alkyl halides is 3. The lowest BCUT2D eigenvalue weighted by molar-refractivity contribution is -0.137. The molecule has 0 N–H and O–H groups in total. The Morgan fingerprint density at radius 2 is 1.78 bits per heavy atom. The number of thioether (sulfide) groups is 1. The molecular formula is C31H33F5N6O2S. The van der Waals surface area contributed by atoms with Crippen molar-refractivity contribution in [2.45, 2.75) is 30.6 Å². The molecule has 1 unspecified atom stereocenters. The Balaban J connectivity index is 1.55. The molecule has 1 amide bonds. The Hall–Kier alpha value is -3.49. The van der Waals surface area contributed by atoms with Gasteiger partial charge in [-0.05, 0) is 30.8 Å². The second kappa shape index (κ2) is 12.4. The summed E-state index contributed by atoms with van der Waals surface area (Å²) in [7, 11) is 0. The quantitative estimate of drug-likeness (QED) is 0.302. The van der Waals surface area contributed by atoms with Crippen molar-refractivity contribution in [1.29, 1.82) is 0 Å². The Bertz CT molecular complexity index is 1700. The fraction of sp³-hybridized carbons (Fsp3) is 0.452. The van der Waals surface area contributed by atoms with Crippen LogP contribution in [0.2, 0.25) is 0 Å². The molecule has 0 saturated carbocycles. The number of carbonyl (C=O) groups excluding carboxylic acids is 1. The second-order valence-electron chi connectivity index (χ2n) is 11.4. The first-order valence-corrected chi connectivity index (χ1v) is 15.9. The van der Waals surface area contributed by atoms with Crippen molar-refractivity contribution in [3.05, 3.63) is 64.6 Å². The maximum atomic E-state index is 15.3. The molecule has 0 radical (unpaired) electrons. The number of halogens is 5. The summed E-state index contributed by atoms with van der Waals surface area (Å²) in [5.74, 6) is -1.85. The molecule has 8 nitrogen and oxygen atoms in total. The number of rotatable bonds is 5. The minimum atomic E-state index is -4.91. The van der Waals surface area contributed by atoms with E-state index in [9.17, 15) is 27.2 Å². The highest BCUT2D eigenvalue weighted by atomic mass is 32.2. The van der Waals surface area contributed by atoms with E-state index >= 15 is 4.39 Å². The van der Waals surface area contributed by atoms with E-state index in [2.05, 4.69) is 28.3 Å². The molecule has 3 aliphatic heterocycles. The normalized spacial score (nSPS) is 20.0. The van der Waals surface area contributed by atoms with Crippen LogP contribution in [0.3, 0.4) is 0 Å². The third-order valence-electron chi connectivity index (χ3n) is 8.95. The van der Waals surface area contributed by atoms with Crippen LogP contribution in [-0.4, -0.2) is 101 Å². The molecule has 2 aromatic carbocycles. The van der Waals surface area contributed by atoms with Crippen molar-refractivity contribution < 1.29 is 26.7 Å². The van der Waals surface area contributed by atoms with Crippen LogP contribution in [0.1, 0.15) is 12.5 Å². The van der Waals surface area contributed by atoms with Gasteiger partial charge in [-0.15, -0.1) is 11.8 Å². The topological polar surface area (TPSA) is 64.9 Å². The van der Waals surface area contributed by atoms with E-state index < -0.39 is 40.2 Å². The summed E-state index contributed by atoms with van der Waals surface area (Å²) in [6.07, 6.45) is -3.70. The Labute approximate surface area is 261 Å².